The van der Waals surface area contributed by atoms with Crippen LogP contribution in [0.3, 0.4) is 0 Å². The molecule has 0 fully saturated rings. The number of hydrogen-bond acceptors (Lipinski definition) is 4. The fourth-order valence-electron chi connectivity index (χ4n) is 3.50. The second-order valence-corrected chi connectivity index (χ2v) is 6.04. The number of fused-ring (bicyclic) bond motifs is 2. The smallest absolute Gasteiger partial charge is 0.204 e. The van der Waals surface area contributed by atoms with Gasteiger partial charge in [-0.1, -0.05) is 48.5 Å². The first-order valence-corrected chi connectivity index (χ1v) is 8.44. The maximum absolute atomic E-state index is 6.33. The number of rotatable bonds is 4. The van der Waals surface area contributed by atoms with Gasteiger partial charge >= 0.3 is 0 Å². The van der Waals surface area contributed by atoms with Crippen LogP contribution in [-0.2, 0) is 6.42 Å². The van der Waals surface area contributed by atoms with Gasteiger partial charge in [-0.2, -0.15) is 0 Å². The van der Waals surface area contributed by atoms with Gasteiger partial charge in [-0.05, 0) is 17.2 Å². The lowest BCUT2D eigenvalue weighted by atomic mass is 9.92. The fourth-order valence-corrected chi connectivity index (χ4v) is 3.50. The summed E-state index contributed by atoms with van der Waals surface area (Å²) in [7, 11) is 4.90. The van der Waals surface area contributed by atoms with Gasteiger partial charge in [-0.3, -0.25) is 0 Å². The second-order valence-electron chi connectivity index (χ2n) is 6.04. The van der Waals surface area contributed by atoms with Gasteiger partial charge in [0.05, 0.1) is 26.9 Å². The maximum Gasteiger partial charge on any atom is 0.204 e. The van der Waals surface area contributed by atoms with Gasteiger partial charge in [0, 0.05) is 12.0 Å². The zero-order valence-corrected chi connectivity index (χ0v) is 15.0. The van der Waals surface area contributed by atoms with Crippen LogP contribution in [-0.4, -0.2) is 21.3 Å². The molecular formula is C22H20O4. The van der Waals surface area contributed by atoms with Crippen LogP contribution in [0, 0.1) is 0 Å². The van der Waals surface area contributed by atoms with E-state index < -0.39 is 0 Å². The van der Waals surface area contributed by atoms with Crippen molar-refractivity contribution in [1.29, 1.82) is 0 Å². The summed E-state index contributed by atoms with van der Waals surface area (Å²) in [6, 6.07) is 18.1. The normalized spacial score (nSPS) is 11.8. The van der Waals surface area contributed by atoms with E-state index >= 15 is 0 Å². The van der Waals surface area contributed by atoms with Crippen LogP contribution in [0.1, 0.15) is 11.1 Å². The molecule has 132 valence electrons. The molecule has 3 aromatic rings. The Morgan fingerprint density at radius 1 is 0.731 bits per heavy atom. The maximum atomic E-state index is 6.33. The lowest BCUT2D eigenvalue weighted by Gasteiger charge is -2.27. The minimum Gasteiger partial charge on any atom is -0.492 e. The third kappa shape index (κ3) is 2.46. The van der Waals surface area contributed by atoms with Gasteiger partial charge < -0.3 is 18.9 Å². The number of hydrogen-bond donors (Lipinski definition) is 0. The molecule has 26 heavy (non-hydrogen) atoms. The monoisotopic (exact) mass is 348 g/mol. The first kappa shape index (κ1) is 16.3. The van der Waals surface area contributed by atoms with Crippen molar-refractivity contribution < 1.29 is 18.9 Å². The average molecular weight is 348 g/mol. The predicted molar refractivity (Wildman–Crippen MR) is 101 cm³/mol. The highest BCUT2D eigenvalue weighted by Crippen LogP contribution is 2.56. The Bertz CT molecular complexity index is 948. The van der Waals surface area contributed by atoms with Crippen molar-refractivity contribution in [2.75, 3.05) is 21.3 Å². The van der Waals surface area contributed by atoms with Gasteiger partial charge in [-0.25, -0.2) is 0 Å². The standard InChI is InChI=1S/C22H20O4/c1-23-20-16-13-15-11-7-8-12-17(15)26-19(16)18(14-9-5-4-6-10-14)21(24-2)22(20)25-3/h4-12H,13H2,1-3H3. The molecule has 0 saturated carbocycles. The van der Waals surface area contributed by atoms with Gasteiger partial charge in [0.25, 0.3) is 0 Å². The number of para-hydroxylation sites is 1. The van der Waals surface area contributed by atoms with Gasteiger partial charge in [0.2, 0.25) is 5.75 Å². The SMILES string of the molecule is COc1c2c(c(-c3ccccc3)c(OC)c1OC)Oc1ccccc1C2. The van der Waals surface area contributed by atoms with Crippen molar-refractivity contribution in [2.45, 2.75) is 6.42 Å². The Kier molecular flexibility index (Phi) is 4.17. The van der Waals surface area contributed by atoms with E-state index in [0.717, 1.165) is 33.8 Å². The van der Waals surface area contributed by atoms with E-state index in [2.05, 4.69) is 6.07 Å². The average Bonchev–Trinajstić information content (AvgIpc) is 2.71. The third-order valence-electron chi connectivity index (χ3n) is 4.64. The summed E-state index contributed by atoms with van der Waals surface area (Å²) < 4.78 is 23.4. The summed E-state index contributed by atoms with van der Waals surface area (Å²) in [6.07, 6.45) is 0.703. The van der Waals surface area contributed by atoms with Crippen molar-refractivity contribution in [2.24, 2.45) is 0 Å². The summed E-state index contributed by atoms with van der Waals surface area (Å²) in [6.45, 7) is 0. The zero-order valence-electron chi connectivity index (χ0n) is 15.0. The molecule has 4 rings (SSSR count). The molecule has 0 unspecified atom stereocenters. The van der Waals surface area contributed by atoms with E-state index in [1.807, 2.05) is 48.5 Å². The van der Waals surface area contributed by atoms with E-state index in [1.165, 1.54) is 0 Å². The molecule has 0 amide bonds. The minimum atomic E-state index is 0.579. The first-order chi connectivity index (χ1) is 12.8. The molecule has 4 heteroatoms. The lowest BCUT2D eigenvalue weighted by Crippen LogP contribution is -2.09. The van der Waals surface area contributed by atoms with Crippen molar-refractivity contribution in [1.82, 2.24) is 0 Å². The minimum absolute atomic E-state index is 0.579. The third-order valence-corrected chi connectivity index (χ3v) is 4.64. The van der Waals surface area contributed by atoms with Crippen molar-refractivity contribution >= 4 is 0 Å². The predicted octanol–water partition coefficient (Wildman–Crippen LogP) is 5.08. The van der Waals surface area contributed by atoms with Crippen LogP contribution in [0.15, 0.2) is 54.6 Å². The summed E-state index contributed by atoms with van der Waals surface area (Å²) in [5.74, 6) is 3.44. The van der Waals surface area contributed by atoms with Crippen molar-refractivity contribution in [3.05, 3.63) is 65.7 Å². The molecule has 0 N–H and O–H groups in total. The number of ether oxygens (including phenoxy) is 4. The number of methoxy groups -OCH3 is 3. The second kappa shape index (κ2) is 6.64. The van der Waals surface area contributed by atoms with E-state index in [4.69, 9.17) is 18.9 Å². The molecule has 0 aliphatic carbocycles. The Balaban J connectivity index is 2.06. The summed E-state index contributed by atoms with van der Waals surface area (Å²) in [5, 5.41) is 0. The highest BCUT2D eigenvalue weighted by molar-refractivity contribution is 5.86. The van der Waals surface area contributed by atoms with Gasteiger partial charge in [-0.15, -0.1) is 0 Å². The molecule has 0 atom stereocenters. The molecular weight excluding hydrogens is 328 g/mol. The largest absolute Gasteiger partial charge is 0.492 e. The highest BCUT2D eigenvalue weighted by Gasteiger charge is 2.31. The van der Waals surface area contributed by atoms with E-state index in [-0.39, 0.29) is 0 Å². The molecule has 1 heterocycles. The van der Waals surface area contributed by atoms with Crippen LogP contribution in [0.4, 0.5) is 0 Å². The lowest BCUT2D eigenvalue weighted by molar-refractivity contribution is 0.318. The molecule has 0 spiro atoms. The Morgan fingerprint density at radius 2 is 1.38 bits per heavy atom. The van der Waals surface area contributed by atoms with Crippen LogP contribution in [0.2, 0.25) is 0 Å². The van der Waals surface area contributed by atoms with Gasteiger partial charge in [0.1, 0.15) is 11.5 Å². The molecule has 0 aromatic heterocycles. The number of benzene rings is 3. The molecule has 3 aromatic carbocycles. The van der Waals surface area contributed by atoms with Gasteiger partial charge in [0.15, 0.2) is 11.5 Å². The Morgan fingerprint density at radius 3 is 2.08 bits per heavy atom. The summed E-state index contributed by atoms with van der Waals surface area (Å²) >= 11 is 0. The molecule has 1 aliphatic heterocycles. The van der Waals surface area contributed by atoms with Crippen LogP contribution in [0.25, 0.3) is 11.1 Å². The molecule has 0 saturated heterocycles. The Labute approximate surface area is 152 Å². The van der Waals surface area contributed by atoms with Crippen molar-refractivity contribution in [3.63, 3.8) is 0 Å². The summed E-state index contributed by atoms with van der Waals surface area (Å²) in [5.41, 5.74) is 3.95. The zero-order chi connectivity index (χ0) is 18.1. The van der Waals surface area contributed by atoms with E-state index in [1.54, 1.807) is 21.3 Å². The Hall–Kier alpha value is -3.14. The highest BCUT2D eigenvalue weighted by atomic mass is 16.5. The quantitative estimate of drug-likeness (QED) is 0.516. The van der Waals surface area contributed by atoms with Crippen LogP contribution < -0.4 is 18.9 Å². The molecule has 0 bridgehead atoms. The van der Waals surface area contributed by atoms with Crippen LogP contribution >= 0.6 is 0 Å². The molecule has 4 nitrogen and oxygen atoms in total. The van der Waals surface area contributed by atoms with Crippen molar-refractivity contribution in [3.8, 4) is 39.9 Å². The van der Waals surface area contributed by atoms with Crippen LogP contribution in [0.5, 0.6) is 28.7 Å². The fraction of sp³-hybridized carbons (Fsp3) is 0.182. The van der Waals surface area contributed by atoms with E-state index in [9.17, 15) is 0 Å². The summed E-state index contributed by atoms with van der Waals surface area (Å²) in [4.78, 5) is 0. The molecule has 0 radical (unpaired) electrons. The molecule has 1 aliphatic rings. The first-order valence-electron chi connectivity index (χ1n) is 8.44. The van der Waals surface area contributed by atoms with E-state index in [0.29, 0.717) is 23.7 Å². The topological polar surface area (TPSA) is 36.9 Å².